The Labute approximate surface area is 115 Å². The fourth-order valence-corrected chi connectivity index (χ4v) is 0.618. The third kappa shape index (κ3) is 11.4. The van der Waals surface area contributed by atoms with Crippen molar-refractivity contribution in [1.29, 1.82) is 0 Å². The van der Waals surface area contributed by atoms with Crippen molar-refractivity contribution in [3.05, 3.63) is 46.9 Å². The normalized spacial score (nSPS) is 9.38. The third-order valence-electron chi connectivity index (χ3n) is 1.15. The Morgan fingerprint density at radius 1 is 1.19 bits per heavy atom. The maximum Gasteiger partial charge on any atom is 1.00 e. The van der Waals surface area contributed by atoms with Gasteiger partial charge in [0, 0.05) is 0 Å². The van der Waals surface area contributed by atoms with Gasteiger partial charge in [0.2, 0.25) is 5.69 Å². The first-order valence-electron chi connectivity index (χ1n) is 3.46. The van der Waals surface area contributed by atoms with Crippen LogP contribution in [0.3, 0.4) is 0 Å². The van der Waals surface area contributed by atoms with Gasteiger partial charge < -0.3 is 0 Å². The average molecular weight is 257 g/mol. The van der Waals surface area contributed by atoms with Gasteiger partial charge in [-0.05, 0) is 12.1 Å². The van der Waals surface area contributed by atoms with Crippen molar-refractivity contribution < 1.29 is 52.0 Å². The van der Waals surface area contributed by atoms with Crippen LogP contribution in [0.2, 0.25) is 0 Å². The van der Waals surface area contributed by atoms with E-state index in [1.807, 2.05) is 0 Å². The smallest absolute Gasteiger partial charge is 0.264 e. The van der Waals surface area contributed by atoms with E-state index >= 15 is 0 Å². The Kier molecular flexibility index (Phi) is 8.43. The molecular formula is C7H8NNaO6S. The van der Waals surface area contributed by atoms with Gasteiger partial charge in [-0.2, -0.15) is 33.0 Å². The molecule has 2 N–H and O–H groups in total. The molecular weight excluding hydrogens is 249 g/mol. The summed E-state index contributed by atoms with van der Waals surface area (Å²) < 4.78 is 31.6. The molecule has 0 aliphatic heterocycles. The zero-order valence-electron chi connectivity index (χ0n) is 8.40. The SMILES string of the molecule is O=S(=O)(O)O.[CH2-]c1ccc([N+](=O)[O-])cc1.[Na+]. The maximum absolute atomic E-state index is 10.1. The summed E-state index contributed by atoms with van der Waals surface area (Å²) in [7, 11) is -4.67. The molecule has 0 aliphatic carbocycles. The van der Waals surface area contributed by atoms with Gasteiger partial charge in [0.05, 0.1) is 4.92 Å². The van der Waals surface area contributed by atoms with E-state index in [4.69, 9.17) is 17.5 Å². The summed E-state index contributed by atoms with van der Waals surface area (Å²) in [5.41, 5.74) is 0.887. The second kappa shape index (κ2) is 7.60. The van der Waals surface area contributed by atoms with E-state index in [9.17, 15) is 10.1 Å². The van der Waals surface area contributed by atoms with Gasteiger partial charge in [-0.25, -0.2) is 0 Å². The molecule has 7 nitrogen and oxygen atoms in total. The summed E-state index contributed by atoms with van der Waals surface area (Å²) in [6.45, 7) is 3.60. The zero-order chi connectivity index (χ0) is 12.1. The molecule has 0 aromatic heterocycles. The Balaban J connectivity index is 0. The van der Waals surface area contributed by atoms with Crippen molar-refractivity contribution in [1.82, 2.24) is 0 Å². The summed E-state index contributed by atoms with van der Waals surface area (Å²) >= 11 is 0. The zero-order valence-corrected chi connectivity index (χ0v) is 11.2. The van der Waals surface area contributed by atoms with Crippen LogP contribution < -0.4 is 29.6 Å². The van der Waals surface area contributed by atoms with Crippen LogP contribution in [0.4, 0.5) is 5.69 Å². The van der Waals surface area contributed by atoms with Crippen molar-refractivity contribution >= 4 is 16.1 Å². The second-order valence-electron chi connectivity index (χ2n) is 2.37. The average Bonchev–Trinajstić information content (AvgIpc) is 2.01. The monoisotopic (exact) mass is 257 g/mol. The van der Waals surface area contributed by atoms with Crippen molar-refractivity contribution in [3.63, 3.8) is 0 Å². The van der Waals surface area contributed by atoms with Crippen LogP contribution in [-0.2, 0) is 10.4 Å². The largest absolute Gasteiger partial charge is 1.00 e. The molecule has 0 saturated carbocycles. The van der Waals surface area contributed by atoms with Crippen molar-refractivity contribution in [2.75, 3.05) is 0 Å². The molecule has 0 fully saturated rings. The minimum atomic E-state index is -4.67. The summed E-state index contributed by atoms with van der Waals surface area (Å²) in [4.78, 5) is 9.67. The van der Waals surface area contributed by atoms with Gasteiger partial charge in [0.1, 0.15) is 0 Å². The summed E-state index contributed by atoms with van der Waals surface area (Å²) in [5, 5.41) is 10.1. The van der Waals surface area contributed by atoms with Gasteiger partial charge >= 0.3 is 40.0 Å². The molecule has 0 unspecified atom stereocenters. The predicted octanol–water partition coefficient (Wildman–Crippen LogP) is -1.87. The molecule has 0 radical (unpaired) electrons. The molecule has 84 valence electrons. The molecule has 0 amide bonds. The quantitative estimate of drug-likeness (QED) is 0.200. The Morgan fingerprint density at radius 3 is 1.75 bits per heavy atom. The minimum absolute atomic E-state index is 0. The van der Waals surface area contributed by atoms with Crippen LogP contribution in [0.15, 0.2) is 24.3 Å². The standard InChI is InChI=1S/C7H6NO2.Na.H2O4S/c1-6-2-4-7(5-3-6)8(9)10;;1-5(2,3)4/h2-5H,1H2;;(H2,1,2,3,4)/q-1;+1;. The molecule has 0 saturated heterocycles. The summed E-state index contributed by atoms with van der Waals surface area (Å²) in [6, 6.07) is 6.08. The number of rotatable bonds is 1. The number of nitro groups is 1. The van der Waals surface area contributed by atoms with E-state index in [0.717, 1.165) is 5.56 Å². The predicted molar refractivity (Wildman–Crippen MR) is 51.7 cm³/mol. The molecule has 0 bridgehead atoms. The summed E-state index contributed by atoms with van der Waals surface area (Å²) in [5.74, 6) is 0. The number of benzene rings is 1. The third-order valence-corrected chi connectivity index (χ3v) is 1.15. The Bertz CT molecular complexity index is 421. The van der Waals surface area contributed by atoms with Crippen molar-refractivity contribution in [3.8, 4) is 0 Å². The molecule has 0 aliphatic rings. The summed E-state index contributed by atoms with van der Waals surface area (Å²) in [6.07, 6.45) is 0. The number of hydrogen-bond acceptors (Lipinski definition) is 4. The topological polar surface area (TPSA) is 118 Å². The van der Waals surface area contributed by atoms with Gasteiger partial charge in [0.15, 0.2) is 0 Å². The second-order valence-corrected chi connectivity index (χ2v) is 3.27. The van der Waals surface area contributed by atoms with Crippen LogP contribution in [0.25, 0.3) is 0 Å². The maximum atomic E-state index is 10.1. The molecule has 0 spiro atoms. The molecule has 9 heteroatoms. The van der Waals surface area contributed by atoms with Gasteiger partial charge in [0.25, 0.3) is 0 Å². The van der Waals surface area contributed by atoms with Crippen LogP contribution >= 0.6 is 0 Å². The first kappa shape index (κ1) is 17.7. The van der Waals surface area contributed by atoms with Crippen molar-refractivity contribution in [2.24, 2.45) is 0 Å². The van der Waals surface area contributed by atoms with E-state index < -0.39 is 15.3 Å². The van der Waals surface area contributed by atoms with Gasteiger partial charge in [-0.1, -0.05) is 0 Å². The van der Waals surface area contributed by atoms with E-state index in [1.54, 1.807) is 12.1 Å². The number of nitrogens with zero attached hydrogens (tertiary/aromatic N) is 1. The van der Waals surface area contributed by atoms with Crippen LogP contribution in [0.5, 0.6) is 0 Å². The molecule has 0 heterocycles. The van der Waals surface area contributed by atoms with E-state index in [2.05, 4.69) is 6.92 Å². The van der Waals surface area contributed by atoms with Gasteiger partial charge in [-0.15, -0.1) is 0 Å². The van der Waals surface area contributed by atoms with Crippen LogP contribution in [0.1, 0.15) is 5.56 Å². The van der Waals surface area contributed by atoms with Crippen LogP contribution in [0, 0.1) is 17.0 Å². The molecule has 0 atom stereocenters. The molecule has 16 heavy (non-hydrogen) atoms. The van der Waals surface area contributed by atoms with Crippen LogP contribution in [-0.4, -0.2) is 22.4 Å². The first-order chi connectivity index (χ1) is 6.70. The fourth-order valence-electron chi connectivity index (χ4n) is 0.618. The Morgan fingerprint density at radius 2 is 1.50 bits per heavy atom. The van der Waals surface area contributed by atoms with Crippen molar-refractivity contribution in [2.45, 2.75) is 0 Å². The van der Waals surface area contributed by atoms with E-state index in [-0.39, 0.29) is 35.2 Å². The Hall–Kier alpha value is -0.640. The molecule has 1 aromatic rings. The number of non-ortho nitro benzene ring substituents is 1. The van der Waals surface area contributed by atoms with Gasteiger partial charge in [-0.3, -0.25) is 19.2 Å². The molecule has 1 rings (SSSR count). The first-order valence-corrected chi connectivity index (χ1v) is 4.86. The number of nitro benzene ring substituents is 1. The number of hydrogen-bond donors (Lipinski definition) is 2. The minimum Gasteiger partial charge on any atom is -0.264 e. The molecule has 1 aromatic carbocycles. The van der Waals surface area contributed by atoms with E-state index in [1.165, 1.54) is 12.1 Å². The fraction of sp³-hybridized carbons (Fsp3) is 0. The van der Waals surface area contributed by atoms with E-state index in [0.29, 0.717) is 0 Å².